The van der Waals surface area contributed by atoms with Crippen LogP contribution in [0.4, 0.5) is 5.82 Å². The summed E-state index contributed by atoms with van der Waals surface area (Å²) in [5, 5.41) is 12.3. The highest BCUT2D eigenvalue weighted by Gasteiger charge is 2.36. The zero-order valence-electron chi connectivity index (χ0n) is 11.8. The van der Waals surface area contributed by atoms with E-state index < -0.39 is 0 Å². The topological polar surface area (TPSA) is 78.2 Å². The molecule has 110 valence electrons. The number of cyclic esters (lactones) is 1. The van der Waals surface area contributed by atoms with Gasteiger partial charge in [-0.1, -0.05) is 0 Å². The summed E-state index contributed by atoms with van der Waals surface area (Å²) < 4.78 is 5.03. The standard InChI is InChI=1S/C15H18N4O2/c16-8-12-2-1-5-17-14(12)18-9-11-3-6-19(10-11)13-4-7-21-15(13)20/h1-2,5,11,13H,3-4,6-7,9-10H2,(H,17,18)/t11-,13+/m0/s1. The number of rotatable bonds is 4. The highest BCUT2D eigenvalue weighted by atomic mass is 16.5. The molecule has 0 saturated carbocycles. The molecule has 2 aliphatic rings. The number of carbonyl (C=O) groups is 1. The van der Waals surface area contributed by atoms with Crippen molar-refractivity contribution in [3.63, 3.8) is 0 Å². The first-order chi connectivity index (χ1) is 10.3. The van der Waals surface area contributed by atoms with E-state index in [1.54, 1.807) is 18.3 Å². The van der Waals surface area contributed by atoms with Crippen LogP contribution in [-0.2, 0) is 9.53 Å². The Morgan fingerprint density at radius 2 is 2.43 bits per heavy atom. The molecule has 0 radical (unpaired) electrons. The molecule has 6 nitrogen and oxygen atoms in total. The second-order valence-electron chi connectivity index (χ2n) is 5.51. The molecule has 1 aromatic rings. The molecule has 0 bridgehead atoms. The van der Waals surface area contributed by atoms with Crippen LogP contribution in [0.2, 0.25) is 0 Å². The average Bonchev–Trinajstić information content (AvgIpc) is 3.14. The van der Waals surface area contributed by atoms with Crippen LogP contribution in [-0.4, -0.2) is 48.1 Å². The van der Waals surface area contributed by atoms with Gasteiger partial charge in [0.2, 0.25) is 0 Å². The van der Waals surface area contributed by atoms with Gasteiger partial charge in [-0.2, -0.15) is 5.26 Å². The number of pyridine rings is 1. The van der Waals surface area contributed by atoms with Crippen molar-refractivity contribution in [2.45, 2.75) is 18.9 Å². The maximum atomic E-state index is 11.6. The molecule has 3 rings (SSSR count). The minimum Gasteiger partial charge on any atom is -0.464 e. The molecule has 2 saturated heterocycles. The van der Waals surface area contributed by atoms with Crippen molar-refractivity contribution >= 4 is 11.8 Å². The Kier molecular flexibility index (Phi) is 4.02. The number of anilines is 1. The van der Waals surface area contributed by atoms with E-state index in [9.17, 15) is 4.79 Å². The summed E-state index contributed by atoms with van der Waals surface area (Å²) in [4.78, 5) is 18.0. The molecule has 6 heteroatoms. The van der Waals surface area contributed by atoms with E-state index in [1.807, 2.05) is 0 Å². The van der Waals surface area contributed by atoms with Gasteiger partial charge in [0.05, 0.1) is 12.2 Å². The monoisotopic (exact) mass is 286 g/mol. The zero-order chi connectivity index (χ0) is 14.7. The van der Waals surface area contributed by atoms with Crippen LogP contribution in [0.25, 0.3) is 0 Å². The Morgan fingerprint density at radius 1 is 1.52 bits per heavy atom. The molecule has 3 heterocycles. The highest BCUT2D eigenvalue weighted by Crippen LogP contribution is 2.24. The van der Waals surface area contributed by atoms with E-state index >= 15 is 0 Å². The summed E-state index contributed by atoms with van der Waals surface area (Å²) >= 11 is 0. The molecule has 0 unspecified atom stereocenters. The van der Waals surface area contributed by atoms with Crippen LogP contribution in [0.1, 0.15) is 18.4 Å². The number of nitriles is 1. The summed E-state index contributed by atoms with van der Waals surface area (Å²) in [5.74, 6) is 1.02. The fourth-order valence-electron chi connectivity index (χ4n) is 3.01. The van der Waals surface area contributed by atoms with Gasteiger partial charge in [0.1, 0.15) is 17.9 Å². The maximum absolute atomic E-state index is 11.6. The number of hydrogen-bond acceptors (Lipinski definition) is 6. The Bertz CT molecular complexity index is 569. The zero-order valence-corrected chi connectivity index (χ0v) is 11.8. The summed E-state index contributed by atoms with van der Waals surface area (Å²) in [6.07, 6.45) is 3.53. The number of aromatic nitrogens is 1. The third kappa shape index (κ3) is 2.98. The van der Waals surface area contributed by atoms with Crippen molar-refractivity contribution in [1.29, 1.82) is 5.26 Å². The molecule has 2 atom stereocenters. The van der Waals surface area contributed by atoms with Crippen molar-refractivity contribution in [2.24, 2.45) is 5.92 Å². The van der Waals surface area contributed by atoms with Gasteiger partial charge in [0.15, 0.2) is 0 Å². The minimum atomic E-state index is -0.0832. The lowest BCUT2D eigenvalue weighted by molar-refractivity contribution is -0.142. The van der Waals surface area contributed by atoms with Crippen LogP contribution >= 0.6 is 0 Å². The van der Waals surface area contributed by atoms with Crippen molar-refractivity contribution < 1.29 is 9.53 Å². The van der Waals surface area contributed by atoms with E-state index in [4.69, 9.17) is 10.00 Å². The molecule has 0 spiro atoms. The fourth-order valence-corrected chi connectivity index (χ4v) is 3.01. The van der Waals surface area contributed by atoms with Crippen LogP contribution in [0, 0.1) is 17.2 Å². The van der Waals surface area contributed by atoms with E-state index in [-0.39, 0.29) is 12.0 Å². The largest absolute Gasteiger partial charge is 0.464 e. The Hall–Kier alpha value is -2.13. The van der Waals surface area contributed by atoms with Gasteiger partial charge in [-0.15, -0.1) is 0 Å². The van der Waals surface area contributed by atoms with Crippen LogP contribution in [0.15, 0.2) is 18.3 Å². The highest BCUT2D eigenvalue weighted by molar-refractivity contribution is 5.77. The smallest absolute Gasteiger partial charge is 0.323 e. The third-order valence-electron chi connectivity index (χ3n) is 4.15. The number of esters is 1. The Morgan fingerprint density at radius 3 is 3.19 bits per heavy atom. The van der Waals surface area contributed by atoms with Gasteiger partial charge in [0, 0.05) is 25.7 Å². The Labute approximate surface area is 123 Å². The molecule has 1 aromatic heterocycles. The predicted molar refractivity (Wildman–Crippen MR) is 76.5 cm³/mol. The number of nitrogens with zero attached hydrogens (tertiary/aromatic N) is 3. The van der Waals surface area contributed by atoms with Gasteiger partial charge >= 0.3 is 5.97 Å². The number of nitrogens with one attached hydrogen (secondary N) is 1. The van der Waals surface area contributed by atoms with E-state index in [0.29, 0.717) is 23.9 Å². The van der Waals surface area contributed by atoms with Crippen LogP contribution in [0.3, 0.4) is 0 Å². The van der Waals surface area contributed by atoms with Gasteiger partial charge in [0.25, 0.3) is 0 Å². The van der Waals surface area contributed by atoms with Crippen molar-refractivity contribution in [3.05, 3.63) is 23.9 Å². The summed E-state index contributed by atoms with van der Waals surface area (Å²) in [6, 6.07) is 5.59. The predicted octanol–water partition coefficient (Wildman–Crippen LogP) is 1.00. The van der Waals surface area contributed by atoms with E-state index in [0.717, 1.165) is 32.5 Å². The first-order valence-electron chi connectivity index (χ1n) is 7.27. The van der Waals surface area contributed by atoms with Crippen LogP contribution in [0.5, 0.6) is 0 Å². The lowest BCUT2D eigenvalue weighted by Crippen LogP contribution is -2.37. The second-order valence-corrected chi connectivity index (χ2v) is 5.51. The Balaban J connectivity index is 1.53. The maximum Gasteiger partial charge on any atom is 0.323 e. The summed E-state index contributed by atoms with van der Waals surface area (Å²) in [7, 11) is 0. The van der Waals surface area contributed by atoms with Gasteiger partial charge in [-0.05, 0) is 31.0 Å². The quantitative estimate of drug-likeness (QED) is 0.832. The van der Waals surface area contributed by atoms with E-state index in [1.165, 1.54) is 0 Å². The number of likely N-dealkylation sites (tertiary alicyclic amines) is 1. The average molecular weight is 286 g/mol. The normalized spacial score (nSPS) is 25.6. The molecule has 2 aliphatic heterocycles. The van der Waals surface area contributed by atoms with E-state index in [2.05, 4.69) is 21.3 Å². The molecule has 21 heavy (non-hydrogen) atoms. The molecular formula is C15H18N4O2. The molecular weight excluding hydrogens is 268 g/mol. The SMILES string of the molecule is N#Cc1cccnc1NC[C@@H]1CCN([C@@H]2CCOC2=O)C1. The van der Waals surface area contributed by atoms with Gasteiger partial charge in [-0.25, -0.2) is 4.98 Å². The fraction of sp³-hybridized carbons (Fsp3) is 0.533. The second kappa shape index (κ2) is 6.10. The lowest BCUT2D eigenvalue weighted by Gasteiger charge is -2.20. The molecule has 1 N–H and O–H groups in total. The summed E-state index contributed by atoms with van der Waals surface area (Å²) in [6.45, 7) is 3.13. The van der Waals surface area contributed by atoms with Gasteiger partial charge in [-0.3, -0.25) is 9.69 Å². The first kappa shape index (κ1) is 13.8. The molecule has 0 aromatic carbocycles. The third-order valence-corrected chi connectivity index (χ3v) is 4.15. The summed E-state index contributed by atoms with van der Waals surface area (Å²) in [5.41, 5.74) is 0.562. The molecule has 2 fully saturated rings. The van der Waals surface area contributed by atoms with Crippen molar-refractivity contribution in [2.75, 3.05) is 31.6 Å². The molecule has 0 amide bonds. The molecule has 0 aliphatic carbocycles. The number of carbonyl (C=O) groups excluding carboxylic acids is 1. The number of ether oxygens (including phenoxy) is 1. The van der Waals surface area contributed by atoms with Gasteiger partial charge < -0.3 is 10.1 Å². The number of hydrogen-bond donors (Lipinski definition) is 1. The minimum absolute atomic E-state index is 0.0560. The lowest BCUT2D eigenvalue weighted by atomic mass is 10.1. The van der Waals surface area contributed by atoms with Crippen molar-refractivity contribution in [3.8, 4) is 6.07 Å². The van der Waals surface area contributed by atoms with Crippen molar-refractivity contribution in [1.82, 2.24) is 9.88 Å². The van der Waals surface area contributed by atoms with Crippen LogP contribution < -0.4 is 5.32 Å². The first-order valence-corrected chi connectivity index (χ1v) is 7.27.